The molecule has 2 unspecified atom stereocenters. The minimum absolute atomic E-state index is 0.0588. The zero-order valence-corrected chi connectivity index (χ0v) is 18.1. The Labute approximate surface area is 183 Å². The average molecular weight is 432 g/mol. The molecule has 1 aromatic carbocycles. The van der Waals surface area contributed by atoms with Crippen molar-refractivity contribution in [1.82, 2.24) is 10.2 Å². The van der Waals surface area contributed by atoms with Gasteiger partial charge in [-0.05, 0) is 43.0 Å². The fraction of sp³-hybridized carbons (Fsp3) is 0.652. The van der Waals surface area contributed by atoms with Crippen LogP contribution in [0.25, 0.3) is 0 Å². The number of hydrogen-bond acceptors (Lipinski definition) is 6. The van der Waals surface area contributed by atoms with Gasteiger partial charge in [0.1, 0.15) is 5.75 Å². The van der Waals surface area contributed by atoms with Crippen LogP contribution in [0.1, 0.15) is 31.2 Å². The fourth-order valence-corrected chi connectivity index (χ4v) is 4.54. The van der Waals surface area contributed by atoms with Crippen molar-refractivity contribution in [1.29, 1.82) is 0 Å². The maximum Gasteiger partial charge on any atom is 0.224 e. The Kier molecular flexibility index (Phi) is 7.77. The van der Waals surface area contributed by atoms with E-state index in [-0.39, 0.29) is 11.8 Å². The van der Waals surface area contributed by atoms with Crippen LogP contribution in [0.5, 0.6) is 5.75 Å². The molecule has 3 aliphatic heterocycles. The smallest absolute Gasteiger partial charge is 0.224 e. The van der Waals surface area contributed by atoms with Crippen LogP contribution < -0.4 is 15.4 Å². The number of morpholine rings is 1. The van der Waals surface area contributed by atoms with Crippen molar-refractivity contribution >= 4 is 17.5 Å². The molecule has 0 aromatic heterocycles. The van der Waals surface area contributed by atoms with Crippen molar-refractivity contribution in [2.75, 3.05) is 58.0 Å². The molecule has 31 heavy (non-hydrogen) atoms. The molecule has 3 heterocycles. The minimum atomic E-state index is 0.0588. The molecule has 2 amide bonds. The maximum atomic E-state index is 12.4. The molecule has 0 spiro atoms. The fourth-order valence-electron chi connectivity index (χ4n) is 4.54. The van der Waals surface area contributed by atoms with Gasteiger partial charge in [-0.25, -0.2) is 0 Å². The number of ether oxygens (including phenoxy) is 3. The Morgan fingerprint density at radius 3 is 2.90 bits per heavy atom. The number of carbonyl (C=O) groups is 2. The van der Waals surface area contributed by atoms with E-state index in [9.17, 15) is 9.59 Å². The monoisotopic (exact) mass is 431 g/mol. The van der Waals surface area contributed by atoms with Crippen LogP contribution in [0, 0.1) is 5.92 Å². The van der Waals surface area contributed by atoms with E-state index in [4.69, 9.17) is 14.2 Å². The normalized spacial score (nSPS) is 22.5. The van der Waals surface area contributed by atoms with Crippen molar-refractivity contribution in [3.63, 3.8) is 0 Å². The van der Waals surface area contributed by atoms with Gasteiger partial charge < -0.3 is 24.8 Å². The van der Waals surface area contributed by atoms with E-state index in [2.05, 4.69) is 15.5 Å². The second kappa shape index (κ2) is 10.9. The summed E-state index contributed by atoms with van der Waals surface area (Å²) >= 11 is 0. The van der Waals surface area contributed by atoms with Crippen molar-refractivity contribution in [3.8, 4) is 5.75 Å². The second-order valence-electron chi connectivity index (χ2n) is 8.46. The highest BCUT2D eigenvalue weighted by Crippen LogP contribution is 2.27. The zero-order chi connectivity index (χ0) is 21.5. The summed E-state index contributed by atoms with van der Waals surface area (Å²) in [7, 11) is 0. The molecule has 8 nitrogen and oxygen atoms in total. The number of nitrogens with one attached hydrogen (secondary N) is 2. The summed E-state index contributed by atoms with van der Waals surface area (Å²) in [6, 6.07) is 6.03. The highest BCUT2D eigenvalue weighted by atomic mass is 16.5. The summed E-state index contributed by atoms with van der Waals surface area (Å²) in [6.45, 7) is 6.06. The molecular formula is C23H33N3O5. The Morgan fingerprint density at radius 1 is 1.23 bits per heavy atom. The third kappa shape index (κ3) is 6.18. The number of nitrogens with zero attached hydrogens (tertiary/aromatic N) is 1. The number of fused-ring (bicyclic) bond motifs is 1. The molecule has 1 aromatic rings. The van der Waals surface area contributed by atoms with E-state index in [0.29, 0.717) is 44.4 Å². The third-order valence-electron chi connectivity index (χ3n) is 6.32. The summed E-state index contributed by atoms with van der Waals surface area (Å²) in [4.78, 5) is 26.3. The number of benzene rings is 1. The Morgan fingerprint density at radius 2 is 2.10 bits per heavy atom. The summed E-state index contributed by atoms with van der Waals surface area (Å²) in [6.07, 6.45) is 3.40. The van der Waals surface area contributed by atoms with Crippen LogP contribution in [0.4, 0.5) is 5.69 Å². The first-order valence-electron chi connectivity index (χ1n) is 11.4. The summed E-state index contributed by atoms with van der Waals surface area (Å²) in [5.41, 5.74) is 1.96. The summed E-state index contributed by atoms with van der Waals surface area (Å²) in [5, 5.41) is 6.00. The third-order valence-corrected chi connectivity index (χ3v) is 6.32. The first-order valence-corrected chi connectivity index (χ1v) is 11.4. The molecule has 0 radical (unpaired) electrons. The largest absolute Gasteiger partial charge is 0.494 e. The number of amides is 2. The van der Waals surface area contributed by atoms with E-state index in [1.807, 2.05) is 18.2 Å². The van der Waals surface area contributed by atoms with Gasteiger partial charge in [-0.15, -0.1) is 0 Å². The molecule has 2 N–H and O–H groups in total. The van der Waals surface area contributed by atoms with Gasteiger partial charge in [0.05, 0.1) is 26.4 Å². The molecule has 0 bridgehead atoms. The number of hydrogen-bond donors (Lipinski definition) is 2. The number of aryl methyl sites for hydroxylation is 1. The molecule has 2 atom stereocenters. The minimum Gasteiger partial charge on any atom is -0.494 e. The van der Waals surface area contributed by atoms with E-state index in [1.54, 1.807) is 0 Å². The first kappa shape index (κ1) is 22.0. The number of anilines is 1. The van der Waals surface area contributed by atoms with Gasteiger partial charge in [0.15, 0.2) is 0 Å². The van der Waals surface area contributed by atoms with Crippen molar-refractivity contribution < 1.29 is 23.8 Å². The molecule has 8 heteroatoms. The van der Waals surface area contributed by atoms with Crippen LogP contribution >= 0.6 is 0 Å². The lowest BCUT2D eigenvalue weighted by atomic mass is 9.97. The van der Waals surface area contributed by atoms with E-state index in [0.717, 1.165) is 69.4 Å². The van der Waals surface area contributed by atoms with E-state index >= 15 is 0 Å². The van der Waals surface area contributed by atoms with Gasteiger partial charge >= 0.3 is 0 Å². The summed E-state index contributed by atoms with van der Waals surface area (Å²) in [5.74, 6) is 1.37. The second-order valence-corrected chi connectivity index (χ2v) is 8.46. The van der Waals surface area contributed by atoms with Gasteiger partial charge in [-0.2, -0.15) is 0 Å². The molecule has 0 saturated carbocycles. The Hall–Kier alpha value is -2.16. The van der Waals surface area contributed by atoms with Crippen LogP contribution in [-0.4, -0.2) is 75.4 Å². The van der Waals surface area contributed by atoms with Crippen molar-refractivity contribution in [3.05, 3.63) is 23.8 Å². The SMILES string of the molecule is O=C(CCCOc1ccc2c(c1)CCC(=O)N2)NCC(C1CCOC1)N1CCOCC1. The molecule has 3 aliphatic rings. The predicted octanol–water partition coefficient (Wildman–Crippen LogP) is 1.58. The first-order chi connectivity index (χ1) is 15.2. The van der Waals surface area contributed by atoms with E-state index < -0.39 is 0 Å². The lowest BCUT2D eigenvalue weighted by molar-refractivity contribution is -0.121. The molecular weight excluding hydrogens is 398 g/mol. The maximum absolute atomic E-state index is 12.4. The van der Waals surface area contributed by atoms with Crippen LogP contribution in [0.2, 0.25) is 0 Å². The van der Waals surface area contributed by atoms with Gasteiger partial charge in [0.2, 0.25) is 11.8 Å². The van der Waals surface area contributed by atoms with Crippen LogP contribution in [0.3, 0.4) is 0 Å². The molecule has 4 rings (SSSR count). The molecule has 0 aliphatic carbocycles. The lowest BCUT2D eigenvalue weighted by Crippen LogP contribution is -2.52. The zero-order valence-electron chi connectivity index (χ0n) is 18.1. The summed E-state index contributed by atoms with van der Waals surface area (Å²) < 4.78 is 16.9. The molecule has 2 fully saturated rings. The van der Waals surface area contributed by atoms with Gasteiger partial charge in [-0.3, -0.25) is 14.5 Å². The molecule has 170 valence electrons. The number of rotatable bonds is 9. The van der Waals surface area contributed by atoms with Crippen molar-refractivity contribution in [2.24, 2.45) is 5.92 Å². The highest BCUT2D eigenvalue weighted by Gasteiger charge is 2.31. The van der Waals surface area contributed by atoms with Gasteiger partial charge in [-0.1, -0.05) is 0 Å². The van der Waals surface area contributed by atoms with Gasteiger partial charge in [0.25, 0.3) is 0 Å². The Bertz CT molecular complexity index is 760. The van der Waals surface area contributed by atoms with Crippen LogP contribution in [0.15, 0.2) is 18.2 Å². The molecule has 2 saturated heterocycles. The van der Waals surface area contributed by atoms with Crippen LogP contribution in [-0.2, 0) is 25.5 Å². The topological polar surface area (TPSA) is 89.1 Å². The lowest BCUT2D eigenvalue weighted by Gasteiger charge is -2.37. The standard InChI is InChI=1S/C23H33N3O5/c27-22(24-15-21(18-7-11-30-16-18)26-8-12-29-13-9-26)2-1-10-31-19-4-5-20-17(14-19)3-6-23(28)25-20/h4-5,14,18,21H,1-3,6-13,15-16H2,(H,24,27)(H,25,28). The Balaban J connectivity index is 1.18. The average Bonchev–Trinajstić information content (AvgIpc) is 3.32. The van der Waals surface area contributed by atoms with E-state index in [1.165, 1.54) is 0 Å². The highest BCUT2D eigenvalue weighted by molar-refractivity contribution is 5.94. The quantitative estimate of drug-likeness (QED) is 0.577. The van der Waals surface area contributed by atoms with Crippen molar-refractivity contribution in [2.45, 2.75) is 38.1 Å². The predicted molar refractivity (Wildman–Crippen MR) is 116 cm³/mol. The number of carbonyl (C=O) groups excluding carboxylic acids is 2. The van der Waals surface area contributed by atoms with Gasteiger partial charge in [0, 0.05) is 56.7 Å².